The number of aryl methyl sites for hydroxylation is 1. The number of halogens is 1. The number of aromatic nitrogens is 4. The Morgan fingerprint density at radius 2 is 1.96 bits per heavy atom. The van der Waals surface area contributed by atoms with Crippen molar-refractivity contribution in [2.75, 3.05) is 0 Å². The third kappa shape index (κ3) is 3.19. The van der Waals surface area contributed by atoms with E-state index in [1.165, 1.54) is 0 Å². The molecule has 0 aliphatic rings. The second-order valence-corrected chi connectivity index (χ2v) is 7.17. The van der Waals surface area contributed by atoms with Gasteiger partial charge in [0.1, 0.15) is 17.3 Å². The maximum atomic E-state index is 12.6. The Morgan fingerprint density at radius 3 is 2.61 bits per heavy atom. The number of hydrogen-bond acceptors (Lipinski definition) is 3. The fourth-order valence-corrected chi connectivity index (χ4v) is 3.39. The summed E-state index contributed by atoms with van der Waals surface area (Å²) in [4.78, 5) is 18.5. The van der Waals surface area contributed by atoms with Crippen LogP contribution in [0.1, 0.15) is 12.5 Å². The van der Waals surface area contributed by atoms with Gasteiger partial charge >= 0.3 is 0 Å². The molecule has 3 aromatic heterocycles. The molecule has 7 heteroatoms. The Kier molecular flexibility index (Phi) is 4.72. The molecule has 0 amide bonds. The predicted octanol–water partition coefficient (Wildman–Crippen LogP) is 4.55. The van der Waals surface area contributed by atoms with E-state index < -0.39 is 5.56 Å². The first-order valence-electron chi connectivity index (χ1n) is 8.75. The van der Waals surface area contributed by atoms with E-state index in [0.717, 1.165) is 27.0 Å². The number of nitrogens with one attached hydrogen (secondary N) is 2. The molecule has 0 saturated carbocycles. The number of nitrogens with zero attached hydrogens (tertiary/aromatic N) is 3. The fraction of sp³-hybridized carbons (Fsp3) is 0.0952. The minimum Gasteiger partial charge on any atom is -0.360 e. The summed E-state index contributed by atoms with van der Waals surface area (Å²) in [5, 5.41) is 14.3. The van der Waals surface area contributed by atoms with Crippen LogP contribution in [0.5, 0.6) is 0 Å². The highest BCUT2D eigenvalue weighted by Crippen LogP contribution is 2.34. The van der Waals surface area contributed by atoms with E-state index in [2.05, 4.69) is 37.1 Å². The van der Waals surface area contributed by atoms with Crippen molar-refractivity contribution in [2.45, 2.75) is 13.5 Å². The summed E-state index contributed by atoms with van der Waals surface area (Å²) < 4.78 is 2.78. The number of H-pyrrole nitrogens is 2. The number of rotatable bonds is 4. The van der Waals surface area contributed by atoms with Crippen molar-refractivity contribution in [1.29, 1.82) is 5.26 Å². The molecule has 0 aliphatic carbocycles. The average molecular weight is 434 g/mol. The second-order valence-electron chi connectivity index (χ2n) is 6.25. The van der Waals surface area contributed by atoms with E-state index in [1.54, 1.807) is 6.20 Å². The van der Waals surface area contributed by atoms with Crippen molar-refractivity contribution in [3.05, 3.63) is 75.2 Å². The topological polar surface area (TPSA) is 90.3 Å². The molecule has 0 aliphatic heterocycles. The molecule has 0 radical (unpaired) electrons. The van der Waals surface area contributed by atoms with Gasteiger partial charge in [0.25, 0.3) is 5.56 Å². The highest BCUT2D eigenvalue weighted by atomic mass is 79.9. The zero-order valence-electron chi connectivity index (χ0n) is 15.0. The molecular formula is C21H16BrN5O. The molecule has 138 valence electrons. The molecule has 28 heavy (non-hydrogen) atoms. The summed E-state index contributed by atoms with van der Waals surface area (Å²) in [6, 6.07) is 15.4. The molecule has 3 heterocycles. The van der Waals surface area contributed by atoms with Crippen LogP contribution in [0.3, 0.4) is 0 Å². The van der Waals surface area contributed by atoms with Crippen LogP contribution >= 0.6 is 15.9 Å². The van der Waals surface area contributed by atoms with Gasteiger partial charge in [-0.25, -0.2) is 0 Å². The van der Waals surface area contributed by atoms with Crippen molar-refractivity contribution < 1.29 is 0 Å². The number of hydrogen-bond donors (Lipinski definition) is 2. The van der Waals surface area contributed by atoms with E-state index >= 15 is 0 Å². The van der Waals surface area contributed by atoms with Crippen molar-refractivity contribution in [2.24, 2.45) is 0 Å². The summed E-state index contributed by atoms with van der Waals surface area (Å²) >= 11 is 3.45. The SMILES string of the molecule is CCn1cc(-c2cc(-c3ccc[nH]3)[nH]c(=O)c2C#N)c(-c2ccc(Br)cc2)n1. The normalized spacial score (nSPS) is 10.8. The number of aromatic amines is 2. The Bertz CT molecular complexity index is 1230. The minimum atomic E-state index is -0.421. The van der Waals surface area contributed by atoms with Crippen LogP contribution in [0.15, 0.2) is 64.1 Å². The van der Waals surface area contributed by atoms with E-state index in [0.29, 0.717) is 17.8 Å². The molecule has 4 rings (SSSR count). The molecule has 0 saturated heterocycles. The first kappa shape index (κ1) is 18.0. The fourth-order valence-electron chi connectivity index (χ4n) is 3.13. The molecule has 4 aromatic rings. The van der Waals surface area contributed by atoms with Crippen molar-refractivity contribution >= 4 is 15.9 Å². The average Bonchev–Trinajstić information content (AvgIpc) is 3.38. The zero-order valence-corrected chi connectivity index (χ0v) is 16.6. The van der Waals surface area contributed by atoms with Crippen LogP contribution < -0.4 is 5.56 Å². The second kappa shape index (κ2) is 7.33. The highest BCUT2D eigenvalue weighted by Gasteiger charge is 2.19. The first-order chi connectivity index (χ1) is 13.6. The van der Waals surface area contributed by atoms with Crippen LogP contribution in [-0.4, -0.2) is 19.7 Å². The third-order valence-corrected chi connectivity index (χ3v) is 5.06. The maximum absolute atomic E-state index is 12.6. The molecule has 0 fully saturated rings. The monoisotopic (exact) mass is 433 g/mol. The minimum absolute atomic E-state index is 0.0734. The van der Waals surface area contributed by atoms with Crippen LogP contribution in [-0.2, 0) is 6.54 Å². The summed E-state index contributed by atoms with van der Waals surface area (Å²) in [5.74, 6) is 0. The Hall–Kier alpha value is -3.37. The lowest BCUT2D eigenvalue weighted by Gasteiger charge is -2.07. The molecule has 0 atom stereocenters. The summed E-state index contributed by atoms with van der Waals surface area (Å²) in [6.45, 7) is 2.67. The van der Waals surface area contributed by atoms with Gasteiger partial charge in [-0.1, -0.05) is 28.1 Å². The predicted molar refractivity (Wildman–Crippen MR) is 112 cm³/mol. The lowest BCUT2D eigenvalue weighted by Crippen LogP contribution is -2.12. The van der Waals surface area contributed by atoms with Gasteiger partial charge in [0.15, 0.2) is 0 Å². The van der Waals surface area contributed by atoms with Gasteiger partial charge in [-0.15, -0.1) is 0 Å². The Balaban J connectivity index is 1.99. The lowest BCUT2D eigenvalue weighted by atomic mass is 9.98. The molecular weight excluding hydrogens is 418 g/mol. The van der Waals surface area contributed by atoms with Crippen molar-refractivity contribution in [1.82, 2.24) is 19.7 Å². The first-order valence-corrected chi connectivity index (χ1v) is 9.55. The Morgan fingerprint density at radius 1 is 1.18 bits per heavy atom. The zero-order chi connectivity index (χ0) is 19.7. The van der Waals surface area contributed by atoms with Crippen LogP contribution in [0, 0.1) is 11.3 Å². The standard InChI is InChI=1S/C21H16BrN5O/c1-2-27-12-17(20(26-27)13-5-7-14(22)8-6-13)15-10-19(18-4-3-9-24-18)25-21(28)16(15)11-23/h3-10,12,24H,2H2,1H3,(H,25,28). The number of benzene rings is 1. The summed E-state index contributed by atoms with van der Waals surface area (Å²) in [7, 11) is 0. The van der Waals surface area contributed by atoms with Crippen molar-refractivity contribution in [3.8, 4) is 39.8 Å². The van der Waals surface area contributed by atoms with E-state index in [1.807, 2.05) is 60.3 Å². The van der Waals surface area contributed by atoms with E-state index in [9.17, 15) is 10.1 Å². The number of pyridine rings is 1. The number of nitriles is 1. The van der Waals surface area contributed by atoms with Gasteiger partial charge in [-0.3, -0.25) is 9.48 Å². The van der Waals surface area contributed by atoms with Gasteiger partial charge < -0.3 is 9.97 Å². The molecule has 0 spiro atoms. The van der Waals surface area contributed by atoms with Crippen LogP contribution in [0.2, 0.25) is 0 Å². The molecule has 0 bridgehead atoms. The quantitative estimate of drug-likeness (QED) is 0.494. The highest BCUT2D eigenvalue weighted by molar-refractivity contribution is 9.10. The smallest absolute Gasteiger partial charge is 0.267 e. The van der Waals surface area contributed by atoms with Crippen molar-refractivity contribution in [3.63, 3.8) is 0 Å². The van der Waals surface area contributed by atoms with Gasteiger partial charge in [-0.05, 0) is 37.3 Å². The third-order valence-electron chi connectivity index (χ3n) is 4.53. The van der Waals surface area contributed by atoms with Crippen LogP contribution in [0.4, 0.5) is 0 Å². The van der Waals surface area contributed by atoms with Gasteiger partial charge in [0.2, 0.25) is 0 Å². The molecule has 1 aromatic carbocycles. The van der Waals surface area contributed by atoms with Gasteiger partial charge in [0.05, 0.1) is 11.4 Å². The summed E-state index contributed by atoms with van der Waals surface area (Å²) in [6.07, 6.45) is 3.67. The lowest BCUT2D eigenvalue weighted by molar-refractivity contribution is 0.662. The van der Waals surface area contributed by atoms with Gasteiger partial charge in [0, 0.05) is 40.1 Å². The molecule has 2 N–H and O–H groups in total. The van der Waals surface area contributed by atoms with E-state index in [-0.39, 0.29) is 5.56 Å². The van der Waals surface area contributed by atoms with Gasteiger partial charge in [-0.2, -0.15) is 10.4 Å². The molecule has 6 nitrogen and oxygen atoms in total. The largest absolute Gasteiger partial charge is 0.360 e. The van der Waals surface area contributed by atoms with Crippen LogP contribution in [0.25, 0.3) is 33.8 Å². The molecule has 0 unspecified atom stereocenters. The van der Waals surface area contributed by atoms with E-state index in [4.69, 9.17) is 0 Å². The maximum Gasteiger partial charge on any atom is 0.267 e. The summed E-state index contributed by atoms with van der Waals surface area (Å²) in [5.41, 5.74) is 4.00. The Labute approximate surface area is 169 Å².